The smallest absolute Gasteiger partial charge is 0.0178 e. The van der Waals surface area contributed by atoms with Gasteiger partial charge in [-0.25, -0.2) is 0 Å². The molecule has 0 aliphatic rings. The maximum atomic E-state index is 5.35. The van der Waals surface area contributed by atoms with Crippen LogP contribution in [0.4, 0.5) is 0 Å². The van der Waals surface area contributed by atoms with Crippen molar-refractivity contribution in [2.24, 2.45) is 5.73 Å². The molecule has 2 heteroatoms. The van der Waals surface area contributed by atoms with Gasteiger partial charge >= 0.3 is 0 Å². The van der Waals surface area contributed by atoms with Gasteiger partial charge in [0.1, 0.15) is 0 Å². The molecular formula is C7H9NPd. The van der Waals surface area contributed by atoms with E-state index < -0.39 is 0 Å². The Hall–Kier alpha value is -0.158. The van der Waals surface area contributed by atoms with Crippen LogP contribution in [0.5, 0.6) is 0 Å². The molecule has 0 saturated heterocycles. The van der Waals surface area contributed by atoms with Crippen molar-refractivity contribution in [2.75, 3.05) is 0 Å². The van der Waals surface area contributed by atoms with Crippen molar-refractivity contribution in [3.8, 4) is 0 Å². The summed E-state index contributed by atoms with van der Waals surface area (Å²) in [7, 11) is 0. The van der Waals surface area contributed by atoms with E-state index in [1.165, 1.54) is 5.56 Å². The molecule has 0 spiro atoms. The largest absolute Gasteiger partial charge is 0.326 e. The summed E-state index contributed by atoms with van der Waals surface area (Å²) in [4.78, 5) is 0. The maximum absolute atomic E-state index is 5.35. The first-order chi connectivity index (χ1) is 3.93. The normalized spacial score (nSPS) is 8.11. The van der Waals surface area contributed by atoms with Gasteiger partial charge in [0.05, 0.1) is 0 Å². The van der Waals surface area contributed by atoms with Crippen LogP contribution in [0.25, 0.3) is 0 Å². The molecular weight excluding hydrogens is 205 g/mol. The minimum Gasteiger partial charge on any atom is -0.326 e. The standard InChI is InChI=1S/C7H9N.Pd/c8-6-7-4-2-1-3-5-7;/h1-5H,6,8H2;. The molecule has 0 aliphatic heterocycles. The molecule has 0 unspecified atom stereocenters. The second-order valence-corrected chi connectivity index (χ2v) is 1.69. The van der Waals surface area contributed by atoms with Gasteiger partial charge in [-0.2, -0.15) is 0 Å². The Balaban J connectivity index is 0.000000640. The number of rotatable bonds is 1. The van der Waals surface area contributed by atoms with E-state index in [9.17, 15) is 0 Å². The van der Waals surface area contributed by atoms with Crippen molar-refractivity contribution >= 4 is 0 Å². The first kappa shape index (κ1) is 8.84. The van der Waals surface area contributed by atoms with Gasteiger partial charge in [0.25, 0.3) is 0 Å². The van der Waals surface area contributed by atoms with Crippen LogP contribution >= 0.6 is 0 Å². The number of nitrogens with two attached hydrogens (primary N) is 1. The Labute approximate surface area is 68.9 Å². The van der Waals surface area contributed by atoms with E-state index in [1.54, 1.807) is 0 Å². The summed E-state index contributed by atoms with van der Waals surface area (Å²) in [6.45, 7) is 0.640. The van der Waals surface area contributed by atoms with Crippen molar-refractivity contribution in [1.29, 1.82) is 0 Å². The van der Waals surface area contributed by atoms with Crippen molar-refractivity contribution in [2.45, 2.75) is 6.54 Å². The summed E-state index contributed by atoms with van der Waals surface area (Å²) in [5.74, 6) is 0. The van der Waals surface area contributed by atoms with Gasteiger partial charge in [-0.05, 0) is 5.56 Å². The third kappa shape index (κ3) is 2.76. The summed E-state index contributed by atoms with van der Waals surface area (Å²) in [5, 5.41) is 0. The average molecular weight is 214 g/mol. The van der Waals surface area contributed by atoms with Crippen LogP contribution in [-0.4, -0.2) is 0 Å². The Morgan fingerprint density at radius 2 is 1.67 bits per heavy atom. The summed E-state index contributed by atoms with van der Waals surface area (Å²) in [6, 6.07) is 9.99. The van der Waals surface area contributed by atoms with E-state index in [2.05, 4.69) is 0 Å². The molecule has 0 aliphatic carbocycles. The zero-order valence-electron chi connectivity index (χ0n) is 4.99. The summed E-state index contributed by atoms with van der Waals surface area (Å²) >= 11 is 0. The van der Waals surface area contributed by atoms with Gasteiger partial charge < -0.3 is 5.73 Å². The van der Waals surface area contributed by atoms with Gasteiger partial charge in [-0.1, -0.05) is 30.3 Å². The van der Waals surface area contributed by atoms with Gasteiger partial charge in [-0.3, -0.25) is 0 Å². The Kier molecular flexibility index (Phi) is 4.61. The number of hydrogen-bond acceptors (Lipinski definition) is 1. The minimum atomic E-state index is 0. The Morgan fingerprint density at radius 3 is 2.00 bits per heavy atom. The number of benzene rings is 1. The predicted molar refractivity (Wildman–Crippen MR) is 34.3 cm³/mol. The van der Waals surface area contributed by atoms with Gasteiger partial charge in [-0.15, -0.1) is 0 Å². The monoisotopic (exact) mass is 213 g/mol. The average Bonchev–Trinajstić information content (AvgIpc) is 1.90. The number of hydrogen-bond donors (Lipinski definition) is 1. The van der Waals surface area contributed by atoms with Crippen LogP contribution in [0.2, 0.25) is 0 Å². The van der Waals surface area contributed by atoms with E-state index in [0.29, 0.717) is 6.54 Å². The maximum Gasteiger partial charge on any atom is 0.0178 e. The SMILES string of the molecule is NCc1ccccc1.[Pd]. The molecule has 0 fully saturated rings. The van der Waals surface area contributed by atoms with Gasteiger partial charge in [0.2, 0.25) is 0 Å². The molecule has 0 atom stereocenters. The fourth-order valence-electron chi connectivity index (χ4n) is 0.614. The second kappa shape index (κ2) is 4.70. The van der Waals surface area contributed by atoms with E-state index >= 15 is 0 Å². The second-order valence-electron chi connectivity index (χ2n) is 1.69. The molecule has 0 heterocycles. The topological polar surface area (TPSA) is 26.0 Å². The van der Waals surface area contributed by atoms with E-state index in [4.69, 9.17) is 5.73 Å². The zero-order valence-corrected chi connectivity index (χ0v) is 6.54. The molecule has 52 valence electrons. The van der Waals surface area contributed by atoms with Crippen LogP contribution < -0.4 is 5.73 Å². The van der Waals surface area contributed by atoms with E-state index in [0.717, 1.165) is 0 Å². The van der Waals surface area contributed by atoms with Gasteiger partial charge in [0, 0.05) is 27.0 Å². The molecule has 0 saturated carbocycles. The Morgan fingerprint density at radius 1 is 1.11 bits per heavy atom. The van der Waals surface area contributed by atoms with Crippen LogP contribution in [0.1, 0.15) is 5.56 Å². The first-order valence-electron chi connectivity index (χ1n) is 2.67. The van der Waals surface area contributed by atoms with Crippen LogP contribution in [0.3, 0.4) is 0 Å². The van der Waals surface area contributed by atoms with Crippen molar-refractivity contribution in [3.63, 3.8) is 0 Å². The Bertz CT molecular complexity index is 150. The van der Waals surface area contributed by atoms with Crippen molar-refractivity contribution < 1.29 is 20.4 Å². The molecule has 9 heavy (non-hydrogen) atoms. The zero-order chi connectivity index (χ0) is 5.82. The third-order valence-electron chi connectivity index (χ3n) is 1.08. The minimum absolute atomic E-state index is 0. The van der Waals surface area contributed by atoms with Crippen molar-refractivity contribution in [1.82, 2.24) is 0 Å². The molecule has 0 bridgehead atoms. The fraction of sp³-hybridized carbons (Fsp3) is 0.143. The van der Waals surface area contributed by atoms with Crippen LogP contribution in [0.15, 0.2) is 30.3 Å². The predicted octanol–water partition coefficient (Wildman–Crippen LogP) is 1.14. The molecule has 0 amide bonds. The third-order valence-corrected chi connectivity index (χ3v) is 1.08. The molecule has 1 nitrogen and oxygen atoms in total. The summed E-state index contributed by atoms with van der Waals surface area (Å²) < 4.78 is 0. The van der Waals surface area contributed by atoms with Gasteiger partial charge in [0.15, 0.2) is 0 Å². The molecule has 1 rings (SSSR count). The quantitative estimate of drug-likeness (QED) is 0.696. The molecule has 1 aromatic rings. The molecule has 0 radical (unpaired) electrons. The summed E-state index contributed by atoms with van der Waals surface area (Å²) in [6.07, 6.45) is 0. The van der Waals surface area contributed by atoms with Crippen molar-refractivity contribution in [3.05, 3.63) is 35.9 Å². The molecule has 2 N–H and O–H groups in total. The van der Waals surface area contributed by atoms with E-state index in [1.807, 2.05) is 30.3 Å². The fourth-order valence-corrected chi connectivity index (χ4v) is 0.614. The van der Waals surface area contributed by atoms with E-state index in [-0.39, 0.29) is 20.4 Å². The molecule has 1 aromatic carbocycles. The first-order valence-corrected chi connectivity index (χ1v) is 2.67. The molecule has 0 aromatic heterocycles. The summed E-state index contributed by atoms with van der Waals surface area (Å²) in [5.41, 5.74) is 6.54. The van der Waals surface area contributed by atoms with Crippen LogP contribution in [-0.2, 0) is 27.0 Å². The van der Waals surface area contributed by atoms with Crippen LogP contribution in [0, 0.1) is 0 Å².